The molecule has 72 valence electrons. The molecule has 12 heavy (non-hydrogen) atoms. The van der Waals surface area contributed by atoms with Crippen LogP contribution in [0.3, 0.4) is 0 Å². The number of nitrogens with two attached hydrogens (primary N) is 1. The Labute approximate surface area is 70.3 Å². The van der Waals surface area contributed by atoms with Gasteiger partial charge in [-0.2, -0.15) is 0 Å². The van der Waals surface area contributed by atoms with Crippen molar-refractivity contribution >= 4 is 5.97 Å². The number of carbonyl (C=O) groups is 1. The third kappa shape index (κ3) is 23.2. The fraction of sp³-hybridized carbons (Fsp3) is 0.833. The van der Waals surface area contributed by atoms with E-state index in [0.717, 1.165) is 19.3 Å². The summed E-state index contributed by atoms with van der Waals surface area (Å²) in [5.41, 5.74) is 5.20. The van der Waals surface area contributed by atoms with Gasteiger partial charge in [0.05, 0.1) is 0 Å². The molecule has 0 saturated carbocycles. The van der Waals surface area contributed by atoms with Crippen LogP contribution >= 0.6 is 0 Å². The summed E-state index contributed by atoms with van der Waals surface area (Å²) in [4.78, 5) is 18.0. The molecular formula is C6H14N2O4. The third-order valence-corrected chi connectivity index (χ3v) is 1.09. The van der Waals surface area contributed by atoms with Crippen LogP contribution in [0.2, 0.25) is 0 Å². The molecule has 0 rings (SSSR count). The van der Waals surface area contributed by atoms with E-state index in [1.165, 1.54) is 5.34 Å². The Kier molecular flexibility index (Phi) is 14.0. The maximum absolute atomic E-state index is 9.93. The van der Waals surface area contributed by atoms with Crippen LogP contribution in [0.1, 0.15) is 25.7 Å². The summed E-state index contributed by atoms with van der Waals surface area (Å²) in [6.45, 7) is 0.666. The summed E-state index contributed by atoms with van der Waals surface area (Å²) in [7, 11) is 0. The van der Waals surface area contributed by atoms with Crippen LogP contribution in [-0.2, 0) is 4.79 Å². The van der Waals surface area contributed by atoms with Gasteiger partial charge in [-0.25, -0.2) is 0 Å². The monoisotopic (exact) mass is 178 g/mol. The average Bonchev–Trinajstić information content (AvgIpc) is 1.99. The highest BCUT2D eigenvalue weighted by atomic mass is 16.6. The van der Waals surface area contributed by atoms with Gasteiger partial charge in [-0.15, -0.1) is 4.91 Å². The van der Waals surface area contributed by atoms with Gasteiger partial charge in [0.15, 0.2) is 5.34 Å². The fourth-order valence-corrected chi connectivity index (χ4v) is 0.597. The first kappa shape index (κ1) is 13.4. The summed E-state index contributed by atoms with van der Waals surface area (Å²) in [6.07, 6.45) is 2.91. The van der Waals surface area contributed by atoms with Gasteiger partial charge in [-0.1, -0.05) is 6.42 Å². The largest absolute Gasteiger partial charge is 0.481 e. The van der Waals surface area contributed by atoms with E-state index in [9.17, 15) is 4.79 Å². The summed E-state index contributed by atoms with van der Waals surface area (Å²) < 4.78 is 0. The molecule has 0 aliphatic carbocycles. The molecule has 0 saturated heterocycles. The molecule has 4 N–H and O–H groups in total. The molecule has 0 spiro atoms. The standard InChI is InChI=1S/C6H13NO2.HNO2/c7-5-3-1-2-4-6(8)9;2-1-3/h1-5,7H2,(H,8,9);(H,2,3). The summed E-state index contributed by atoms with van der Waals surface area (Å²) in [5, 5.41) is 16.1. The first-order valence-corrected chi connectivity index (χ1v) is 3.57. The molecular weight excluding hydrogens is 164 g/mol. The molecule has 0 bridgehead atoms. The van der Waals surface area contributed by atoms with Gasteiger partial charge in [0.2, 0.25) is 0 Å². The molecule has 0 aliphatic rings. The first-order valence-electron chi connectivity index (χ1n) is 3.57. The Balaban J connectivity index is 0. The smallest absolute Gasteiger partial charge is 0.303 e. The van der Waals surface area contributed by atoms with Gasteiger partial charge in [-0.05, 0) is 19.4 Å². The summed E-state index contributed by atoms with van der Waals surface area (Å²) in [5.74, 6) is -0.716. The van der Waals surface area contributed by atoms with Crippen LogP contribution in [0.4, 0.5) is 0 Å². The van der Waals surface area contributed by atoms with E-state index in [2.05, 4.69) is 0 Å². The Hall–Kier alpha value is -1.17. The lowest BCUT2D eigenvalue weighted by molar-refractivity contribution is -0.137. The number of unbranched alkanes of at least 4 members (excludes halogenated alkanes) is 2. The molecule has 0 aromatic carbocycles. The van der Waals surface area contributed by atoms with Crippen molar-refractivity contribution < 1.29 is 15.1 Å². The molecule has 0 radical (unpaired) electrons. The highest BCUT2D eigenvalue weighted by Gasteiger charge is 1.94. The molecule has 0 unspecified atom stereocenters. The van der Waals surface area contributed by atoms with E-state index in [1.807, 2.05) is 0 Å². The molecule has 0 aromatic rings. The number of nitrogens with zero attached hydrogens (tertiary/aromatic N) is 1. The van der Waals surface area contributed by atoms with Crippen LogP contribution < -0.4 is 5.73 Å². The van der Waals surface area contributed by atoms with Crippen LogP contribution in [0.5, 0.6) is 0 Å². The van der Waals surface area contributed by atoms with E-state index < -0.39 is 5.97 Å². The number of carboxylic acids is 1. The lowest BCUT2D eigenvalue weighted by atomic mass is 10.2. The van der Waals surface area contributed by atoms with Gasteiger partial charge in [0.25, 0.3) is 0 Å². The topological polar surface area (TPSA) is 113 Å². The average molecular weight is 178 g/mol. The highest BCUT2D eigenvalue weighted by Crippen LogP contribution is 1.97. The van der Waals surface area contributed by atoms with Gasteiger partial charge in [0, 0.05) is 6.42 Å². The molecule has 0 heterocycles. The predicted octanol–water partition coefficient (Wildman–Crippen LogP) is 0.732. The van der Waals surface area contributed by atoms with Crippen LogP contribution in [0, 0.1) is 4.91 Å². The zero-order valence-electron chi connectivity index (χ0n) is 6.77. The minimum absolute atomic E-state index is 0.278. The quantitative estimate of drug-likeness (QED) is 0.326. The van der Waals surface area contributed by atoms with Crippen molar-refractivity contribution in [1.82, 2.24) is 0 Å². The van der Waals surface area contributed by atoms with Crippen molar-refractivity contribution in [2.45, 2.75) is 25.7 Å². The predicted molar refractivity (Wildman–Crippen MR) is 42.7 cm³/mol. The van der Waals surface area contributed by atoms with Crippen molar-refractivity contribution in [3.8, 4) is 0 Å². The zero-order valence-corrected chi connectivity index (χ0v) is 6.77. The third-order valence-electron chi connectivity index (χ3n) is 1.09. The number of carboxylic acid groups (broad SMARTS) is 1. The Morgan fingerprint density at radius 2 is 1.83 bits per heavy atom. The molecule has 0 aromatic heterocycles. The second-order valence-corrected chi connectivity index (χ2v) is 2.07. The lowest BCUT2D eigenvalue weighted by Crippen LogP contribution is -1.99. The maximum atomic E-state index is 9.93. The Morgan fingerprint density at radius 1 is 1.33 bits per heavy atom. The van der Waals surface area contributed by atoms with Gasteiger partial charge in [0.1, 0.15) is 0 Å². The number of hydrogen-bond acceptors (Lipinski definition) is 4. The van der Waals surface area contributed by atoms with E-state index in [0.29, 0.717) is 6.54 Å². The Morgan fingerprint density at radius 3 is 2.17 bits per heavy atom. The van der Waals surface area contributed by atoms with E-state index >= 15 is 0 Å². The van der Waals surface area contributed by atoms with E-state index in [4.69, 9.17) is 21.0 Å². The highest BCUT2D eigenvalue weighted by molar-refractivity contribution is 5.66. The summed E-state index contributed by atoms with van der Waals surface area (Å²) in [6, 6.07) is 0. The molecule has 0 aliphatic heterocycles. The summed E-state index contributed by atoms with van der Waals surface area (Å²) >= 11 is 0. The van der Waals surface area contributed by atoms with Gasteiger partial charge in [-0.3, -0.25) is 4.79 Å². The number of aliphatic carboxylic acids is 1. The number of hydrogen-bond donors (Lipinski definition) is 3. The minimum atomic E-state index is -0.716. The van der Waals surface area contributed by atoms with Crippen molar-refractivity contribution in [3.63, 3.8) is 0 Å². The minimum Gasteiger partial charge on any atom is -0.481 e. The molecule has 0 amide bonds. The van der Waals surface area contributed by atoms with Crippen LogP contribution in [-0.4, -0.2) is 22.8 Å². The molecule has 0 fully saturated rings. The van der Waals surface area contributed by atoms with Crippen LogP contribution in [0.15, 0.2) is 5.34 Å². The van der Waals surface area contributed by atoms with Crippen molar-refractivity contribution in [3.05, 3.63) is 4.91 Å². The van der Waals surface area contributed by atoms with Crippen molar-refractivity contribution in [2.75, 3.05) is 6.54 Å². The lowest BCUT2D eigenvalue weighted by Gasteiger charge is -1.93. The molecule has 0 atom stereocenters. The first-order chi connectivity index (χ1) is 5.68. The maximum Gasteiger partial charge on any atom is 0.303 e. The SMILES string of the molecule is NCCCCCC(=O)O.O=NO. The second kappa shape index (κ2) is 12.5. The fourth-order valence-electron chi connectivity index (χ4n) is 0.597. The second-order valence-electron chi connectivity index (χ2n) is 2.07. The van der Waals surface area contributed by atoms with Gasteiger partial charge < -0.3 is 16.0 Å². The molecule has 6 nitrogen and oxygen atoms in total. The Bertz CT molecular complexity index is 118. The van der Waals surface area contributed by atoms with E-state index in [1.54, 1.807) is 0 Å². The van der Waals surface area contributed by atoms with Crippen LogP contribution in [0.25, 0.3) is 0 Å². The van der Waals surface area contributed by atoms with Crippen molar-refractivity contribution in [1.29, 1.82) is 0 Å². The normalized spacial score (nSPS) is 8.08. The van der Waals surface area contributed by atoms with E-state index in [-0.39, 0.29) is 6.42 Å². The molecule has 6 heteroatoms. The van der Waals surface area contributed by atoms with Gasteiger partial charge >= 0.3 is 5.97 Å². The zero-order chi connectivity index (χ0) is 9.82. The van der Waals surface area contributed by atoms with Crippen molar-refractivity contribution in [2.24, 2.45) is 11.1 Å². The number of rotatable bonds is 5.